The normalized spacial score (nSPS) is 14.5. The van der Waals surface area contributed by atoms with Crippen LogP contribution in [-0.2, 0) is 6.42 Å². The summed E-state index contributed by atoms with van der Waals surface area (Å²) in [5.74, 6) is 1.67. The van der Waals surface area contributed by atoms with E-state index in [0.29, 0.717) is 36.1 Å². The number of amides is 1. The summed E-state index contributed by atoms with van der Waals surface area (Å²) in [6, 6.07) is 8.31. The Labute approximate surface area is 156 Å². The number of benzene rings is 1. The molecule has 27 heavy (non-hydrogen) atoms. The minimum atomic E-state index is -0.243. The molecule has 1 amide bonds. The van der Waals surface area contributed by atoms with Crippen LogP contribution in [0.3, 0.4) is 0 Å². The SMILES string of the molecule is O=C(NCCc1noc(C2CCCC2)n1)c1cc(-c2ccc(O)cc2)n[nH]1. The van der Waals surface area contributed by atoms with Crippen LogP contribution < -0.4 is 5.32 Å². The van der Waals surface area contributed by atoms with Crippen LogP contribution in [0.1, 0.15) is 53.8 Å². The number of nitrogens with zero attached hydrogens (tertiary/aromatic N) is 3. The van der Waals surface area contributed by atoms with Gasteiger partial charge in [-0.2, -0.15) is 10.1 Å². The van der Waals surface area contributed by atoms with Gasteiger partial charge in [-0.1, -0.05) is 18.0 Å². The Hall–Kier alpha value is -3.16. The second kappa shape index (κ2) is 7.61. The molecule has 1 aliphatic rings. The largest absolute Gasteiger partial charge is 0.508 e. The Bertz CT molecular complexity index is 910. The molecule has 3 aromatic rings. The molecule has 1 aliphatic carbocycles. The van der Waals surface area contributed by atoms with Crippen LogP contribution in [0.2, 0.25) is 0 Å². The number of phenolic OH excluding ortho intramolecular Hbond substituents is 1. The third-order valence-corrected chi connectivity index (χ3v) is 4.81. The predicted molar refractivity (Wildman–Crippen MR) is 97.2 cm³/mol. The monoisotopic (exact) mass is 367 g/mol. The summed E-state index contributed by atoms with van der Waals surface area (Å²) in [5, 5.41) is 23.1. The summed E-state index contributed by atoms with van der Waals surface area (Å²) >= 11 is 0. The Morgan fingerprint density at radius 3 is 2.81 bits per heavy atom. The predicted octanol–water partition coefficient (Wildman–Crippen LogP) is 2.80. The number of carbonyl (C=O) groups excluding carboxylic acids is 1. The fraction of sp³-hybridized carbons (Fsp3) is 0.368. The molecule has 0 bridgehead atoms. The standard InChI is InChI=1S/C19H21N5O3/c25-14-7-5-12(6-8-14)15-11-16(23-22-15)18(26)20-10-9-17-21-19(27-24-17)13-3-1-2-4-13/h5-8,11,13,25H,1-4,9-10H2,(H,20,26)(H,22,23). The Morgan fingerprint density at radius 2 is 2.04 bits per heavy atom. The summed E-state index contributed by atoms with van der Waals surface area (Å²) in [5.41, 5.74) is 1.83. The van der Waals surface area contributed by atoms with Gasteiger partial charge in [-0.05, 0) is 43.2 Å². The first-order valence-electron chi connectivity index (χ1n) is 9.14. The maximum absolute atomic E-state index is 12.3. The third kappa shape index (κ3) is 3.99. The van der Waals surface area contributed by atoms with Gasteiger partial charge in [0.25, 0.3) is 5.91 Å². The first kappa shape index (κ1) is 17.3. The van der Waals surface area contributed by atoms with E-state index in [1.165, 1.54) is 12.8 Å². The lowest BCUT2D eigenvalue weighted by Gasteiger charge is -2.01. The van der Waals surface area contributed by atoms with Crippen molar-refractivity contribution in [1.82, 2.24) is 25.7 Å². The molecule has 0 saturated heterocycles. The van der Waals surface area contributed by atoms with Crippen LogP contribution in [0.25, 0.3) is 11.3 Å². The highest BCUT2D eigenvalue weighted by molar-refractivity contribution is 5.93. The summed E-state index contributed by atoms with van der Waals surface area (Å²) in [6.45, 7) is 0.413. The maximum Gasteiger partial charge on any atom is 0.269 e. The average Bonchev–Trinajstić information content (AvgIpc) is 3.43. The average molecular weight is 367 g/mol. The molecule has 140 valence electrons. The van der Waals surface area contributed by atoms with Gasteiger partial charge >= 0.3 is 0 Å². The van der Waals surface area contributed by atoms with Crippen LogP contribution in [0.15, 0.2) is 34.9 Å². The molecule has 0 atom stereocenters. The van der Waals surface area contributed by atoms with Crippen molar-refractivity contribution in [2.75, 3.05) is 6.54 Å². The minimum absolute atomic E-state index is 0.185. The van der Waals surface area contributed by atoms with Crippen molar-refractivity contribution in [3.05, 3.63) is 47.7 Å². The van der Waals surface area contributed by atoms with Gasteiger partial charge in [0.1, 0.15) is 11.4 Å². The molecule has 0 spiro atoms. The van der Waals surface area contributed by atoms with Gasteiger partial charge in [0.05, 0.1) is 5.69 Å². The number of hydrogen-bond donors (Lipinski definition) is 3. The summed E-state index contributed by atoms with van der Waals surface area (Å²) in [4.78, 5) is 16.7. The fourth-order valence-corrected chi connectivity index (χ4v) is 3.31. The van der Waals surface area contributed by atoms with Crippen LogP contribution in [0.4, 0.5) is 0 Å². The van der Waals surface area contributed by atoms with Crippen molar-refractivity contribution < 1.29 is 14.4 Å². The number of H-pyrrole nitrogens is 1. The van der Waals surface area contributed by atoms with E-state index in [0.717, 1.165) is 24.3 Å². The smallest absolute Gasteiger partial charge is 0.269 e. The second-order valence-corrected chi connectivity index (χ2v) is 6.75. The highest BCUT2D eigenvalue weighted by Crippen LogP contribution is 2.32. The molecule has 8 heteroatoms. The van der Waals surface area contributed by atoms with Gasteiger partial charge in [-0.3, -0.25) is 9.89 Å². The number of phenols is 1. The number of rotatable bonds is 6. The van der Waals surface area contributed by atoms with E-state index in [2.05, 4.69) is 25.7 Å². The maximum atomic E-state index is 12.3. The lowest BCUT2D eigenvalue weighted by molar-refractivity contribution is 0.0949. The highest BCUT2D eigenvalue weighted by Gasteiger charge is 2.22. The number of nitrogens with one attached hydrogen (secondary N) is 2. The van der Waals surface area contributed by atoms with E-state index in [-0.39, 0.29) is 11.7 Å². The number of carbonyl (C=O) groups is 1. The van der Waals surface area contributed by atoms with Crippen molar-refractivity contribution >= 4 is 5.91 Å². The molecule has 4 rings (SSSR count). The van der Waals surface area contributed by atoms with Crippen molar-refractivity contribution in [3.8, 4) is 17.0 Å². The van der Waals surface area contributed by atoms with E-state index in [4.69, 9.17) is 4.52 Å². The topological polar surface area (TPSA) is 117 Å². The van der Waals surface area contributed by atoms with Crippen LogP contribution in [0.5, 0.6) is 5.75 Å². The third-order valence-electron chi connectivity index (χ3n) is 4.81. The van der Waals surface area contributed by atoms with Gasteiger partial charge in [0.2, 0.25) is 5.89 Å². The van der Waals surface area contributed by atoms with E-state index >= 15 is 0 Å². The molecule has 0 unspecified atom stereocenters. The van der Waals surface area contributed by atoms with Gasteiger partial charge in [0, 0.05) is 24.4 Å². The molecule has 2 aromatic heterocycles. The fourth-order valence-electron chi connectivity index (χ4n) is 3.31. The van der Waals surface area contributed by atoms with Gasteiger partial charge < -0.3 is 14.9 Å². The second-order valence-electron chi connectivity index (χ2n) is 6.75. The number of hydrogen-bond acceptors (Lipinski definition) is 6. The Balaban J connectivity index is 1.30. The van der Waals surface area contributed by atoms with E-state index in [9.17, 15) is 9.90 Å². The number of aromatic nitrogens is 4. The lowest BCUT2D eigenvalue weighted by Crippen LogP contribution is -2.26. The first-order chi connectivity index (χ1) is 13.2. The summed E-state index contributed by atoms with van der Waals surface area (Å²) in [6.07, 6.45) is 5.17. The molecule has 1 fully saturated rings. The van der Waals surface area contributed by atoms with Gasteiger partial charge in [-0.15, -0.1) is 0 Å². The zero-order valence-corrected chi connectivity index (χ0v) is 14.8. The molecular weight excluding hydrogens is 346 g/mol. The zero-order valence-electron chi connectivity index (χ0n) is 14.8. The summed E-state index contributed by atoms with van der Waals surface area (Å²) in [7, 11) is 0. The molecule has 1 saturated carbocycles. The molecular formula is C19H21N5O3. The Morgan fingerprint density at radius 1 is 1.26 bits per heavy atom. The van der Waals surface area contributed by atoms with E-state index in [1.54, 1.807) is 30.3 Å². The molecule has 0 aliphatic heterocycles. The number of aromatic amines is 1. The molecule has 1 aromatic carbocycles. The van der Waals surface area contributed by atoms with Crippen molar-refractivity contribution in [1.29, 1.82) is 0 Å². The minimum Gasteiger partial charge on any atom is -0.508 e. The van der Waals surface area contributed by atoms with Crippen molar-refractivity contribution in [2.45, 2.75) is 38.0 Å². The zero-order chi connectivity index (χ0) is 18.6. The molecule has 0 radical (unpaired) electrons. The first-order valence-corrected chi connectivity index (χ1v) is 9.14. The quantitative estimate of drug-likeness (QED) is 0.617. The van der Waals surface area contributed by atoms with Crippen molar-refractivity contribution in [3.63, 3.8) is 0 Å². The summed E-state index contributed by atoms with van der Waals surface area (Å²) < 4.78 is 5.34. The van der Waals surface area contributed by atoms with E-state index in [1.807, 2.05) is 0 Å². The van der Waals surface area contributed by atoms with Crippen LogP contribution in [0, 0.1) is 0 Å². The van der Waals surface area contributed by atoms with Crippen molar-refractivity contribution in [2.24, 2.45) is 0 Å². The number of aromatic hydroxyl groups is 1. The van der Waals surface area contributed by atoms with Crippen LogP contribution in [-0.4, -0.2) is 37.9 Å². The van der Waals surface area contributed by atoms with Crippen LogP contribution >= 0.6 is 0 Å². The highest BCUT2D eigenvalue weighted by atomic mass is 16.5. The lowest BCUT2D eigenvalue weighted by atomic mass is 10.1. The Kier molecular flexibility index (Phi) is 4.86. The van der Waals surface area contributed by atoms with Gasteiger partial charge in [-0.25, -0.2) is 0 Å². The molecule has 3 N–H and O–H groups in total. The van der Waals surface area contributed by atoms with Gasteiger partial charge in [0.15, 0.2) is 5.82 Å². The molecule has 2 heterocycles. The van der Waals surface area contributed by atoms with E-state index < -0.39 is 0 Å². The molecule has 8 nitrogen and oxygen atoms in total.